The number of rotatable bonds is 3. The van der Waals surface area contributed by atoms with Crippen LogP contribution in [0.25, 0.3) is 5.69 Å². The van der Waals surface area contributed by atoms with Crippen molar-refractivity contribution in [3.8, 4) is 5.69 Å². The van der Waals surface area contributed by atoms with Gasteiger partial charge in [-0.3, -0.25) is 4.79 Å². The molecule has 0 radical (unpaired) electrons. The number of aromatic nitrogens is 2. The van der Waals surface area contributed by atoms with Gasteiger partial charge in [0.25, 0.3) is 0 Å². The van der Waals surface area contributed by atoms with Crippen LogP contribution in [0.2, 0.25) is 0 Å². The Bertz CT molecular complexity index is 647. The van der Waals surface area contributed by atoms with Crippen molar-refractivity contribution in [2.24, 2.45) is 5.73 Å². The van der Waals surface area contributed by atoms with Gasteiger partial charge in [0, 0.05) is 24.5 Å². The molecule has 0 aliphatic rings. The number of amides is 1. The van der Waals surface area contributed by atoms with E-state index in [2.05, 4.69) is 4.98 Å². The summed E-state index contributed by atoms with van der Waals surface area (Å²) in [5.74, 6) is -0.477. The second-order valence-electron chi connectivity index (χ2n) is 4.16. The zero-order chi connectivity index (χ0) is 14.9. The van der Waals surface area contributed by atoms with Crippen molar-refractivity contribution in [3.05, 3.63) is 47.5 Å². The maximum atomic E-state index is 13.0. The summed E-state index contributed by atoms with van der Waals surface area (Å²) in [6.07, 6.45) is -0.994. The quantitative estimate of drug-likeness (QED) is 0.941. The Labute approximate surface area is 113 Å². The van der Waals surface area contributed by atoms with Gasteiger partial charge in [-0.25, -0.2) is 4.98 Å². The zero-order valence-electron chi connectivity index (χ0n) is 10.6. The fraction of sp³-hybridized carbons (Fsp3) is 0.231. The van der Waals surface area contributed by atoms with E-state index in [0.29, 0.717) is 12.2 Å². The second kappa shape index (κ2) is 4.99. The first-order valence-corrected chi connectivity index (χ1v) is 5.88. The van der Waals surface area contributed by atoms with E-state index >= 15 is 0 Å². The highest BCUT2D eigenvalue weighted by molar-refractivity contribution is 5.94. The number of carbonyl (C=O) groups excluding carboxylic acids is 1. The van der Waals surface area contributed by atoms with Crippen LogP contribution in [0.4, 0.5) is 13.2 Å². The van der Waals surface area contributed by atoms with Gasteiger partial charge in [-0.15, -0.1) is 0 Å². The molecule has 1 aromatic carbocycles. The number of benzene rings is 1. The molecule has 7 heteroatoms. The summed E-state index contributed by atoms with van der Waals surface area (Å²) < 4.78 is 40.5. The summed E-state index contributed by atoms with van der Waals surface area (Å²) in [6.45, 7) is 1.85. The molecule has 0 spiro atoms. The van der Waals surface area contributed by atoms with Crippen LogP contribution in [0, 0.1) is 0 Å². The number of hydrogen-bond acceptors (Lipinski definition) is 2. The lowest BCUT2D eigenvalue weighted by molar-refractivity contribution is -0.137. The molecule has 1 amide bonds. The molecule has 20 heavy (non-hydrogen) atoms. The highest BCUT2D eigenvalue weighted by Gasteiger charge is 2.35. The lowest BCUT2D eigenvalue weighted by Gasteiger charge is -2.14. The van der Waals surface area contributed by atoms with E-state index in [0.717, 1.165) is 12.1 Å². The molecule has 0 aliphatic heterocycles. The van der Waals surface area contributed by atoms with Crippen molar-refractivity contribution in [1.29, 1.82) is 0 Å². The number of aryl methyl sites for hydroxylation is 1. The van der Waals surface area contributed by atoms with E-state index in [1.54, 1.807) is 10.8 Å². The maximum absolute atomic E-state index is 13.0. The molecule has 0 saturated heterocycles. The van der Waals surface area contributed by atoms with E-state index in [9.17, 15) is 18.0 Å². The molecule has 4 nitrogen and oxygen atoms in total. The fourth-order valence-electron chi connectivity index (χ4n) is 1.96. The lowest BCUT2D eigenvalue weighted by Crippen LogP contribution is -2.19. The monoisotopic (exact) mass is 283 g/mol. The third kappa shape index (κ3) is 2.52. The van der Waals surface area contributed by atoms with Crippen LogP contribution < -0.4 is 5.73 Å². The maximum Gasteiger partial charge on any atom is 0.417 e. The summed E-state index contributed by atoms with van der Waals surface area (Å²) in [6, 6.07) is 3.40. The molecular weight excluding hydrogens is 271 g/mol. The molecule has 1 aromatic heterocycles. The highest BCUT2D eigenvalue weighted by Crippen LogP contribution is 2.33. The van der Waals surface area contributed by atoms with Crippen LogP contribution in [0.3, 0.4) is 0 Å². The fourth-order valence-corrected chi connectivity index (χ4v) is 1.96. The first-order valence-electron chi connectivity index (χ1n) is 5.88. The number of hydrogen-bond donors (Lipinski definition) is 1. The zero-order valence-corrected chi connectivity index (χ0v) is 10.6. The van der Waals surface area contributed by atoms with Gasteiger partial charge in [0.2, 0.25) is 5.91 Å². The van der Waals surface area contributed by atoms with Crippen molar-refractivity contribution < 1.29 is 18.0 Å². The van der Waals surface area contributed by atoms with E-state index in [-0.39, 0.29) is 5.69 Å². The van der Waals surface area contributed by atoms with Crippen molar-refractivity contribution in [2.45, 2.75) is 19.5 Å². The molecule has 2 rings (SSSR count). The number of primary amides is 1. The third-order valence-corrected chi connectivity index (χ3v) is 2.89. The lowest BCUT2D eigenvalue weighted by atomic mass is 10.1. The molecule has 0 saturated carbocycles. The van der Waals surface area contributed by atoms with Gasteiger partial charge < -0.3 is 10.3 Å². The normalized spacial score (nSPS) is 11.6. The number of alkyl halides is 3. The number of halogens is 3. The highest BCUT2D eigenvalue weighted by atomic mass is 19.4. The molecular formula is C13H12F3N3O. The Balaban J connectivity index is 2.61. The number of carbonyl (C=O) groups is 1. The minimum absolute atomic E-state index is 0.289. The Morgan fingerprint density at radius 3 is 2.65 bits per heavy atom. The molecule has 0 unspecified atom stereocenters. The van der Waals surface area contributed by atoms with Gasteiger partial charge >= 0.3 is 6.18 Å². The van der Waals surface area contributed by atoms with Gasteiger partial charge in [0.15, 0.2) is 0 Å². The van der Waals surface area contributed by atoms with Gasteiger partial charge in [-0.05, 0) is 18.2 Å². The average Bonchev–Trinajstić information content (AvgIpc) is 2.85. The molecule has 2 aromatic rings. The SMILES string of the molecule is CCc1nccn1-c1ccc(C(N)=O)c(C(F)(F)F)c1. The first kappa shape index (κ1) is 14.1. The smallest absolute Gasteiger partial charge is 0.366 e. The van der Waals surface area contributed by atoms with E-state index in [1.807, 2.05) is 6.92 Å². The second-order valence-corrected chi connectivity index (χ2v) is 4.16. The Hall–Kier alpha value is -2.31. The van der Waals surface area contributed by atoms with Gasteiger partial charge in [-0.2, -0.15) is 13.2 Å². The van der Waals surface area contributed by atoms with Crippen molar-refractivity contribution in [2.75, 3.05) is 0 Å². The Morgan fingerprint density at radius 1 is 1.40 bits per heavy atom. The Morgan fingerprint density at radius 2 is 2.10 bits per heavy atom. The standard InChI is InChI=1S/C13H12F3N3O/c1-2-11-18-5-6-19(11)8-3-4-9(12(17)20)10(7-8)13(14,15)16/h3-7H,2H2,1H3,(H2,17,20). The molecule has 0 aliphatic carbocycles. The summed E-state index contributed by atoms with van der Waals surface area (Å²) in [5, 5.41) is 0. The van der Waals surface area contributed by atoms with Crippen molar-refractivity contribution >= 4 is 5.91 Å². The predicted molar refractivity (Wildman–Crippen MR) is 66.5 cm³/mol. The summed E-state index contributed by atoms with van der Waals surface area (Å²) in [5.41, 5.74) is 3.68. The van der Waals surface area contributed by atoms with E-state index in [1.165, 1.54) is 12.3 Å². The third-order valence-electron chi connectivity index (χ3n) is 2.89. The summed E-state index contributed by atoms with van der Waals surface area (Å²) >= 11 is 0. The molecule has 106 valence electrons. The van der Waals surface area contributed by atoms with Crippen LogP contribution in [-0.4, -0.2) is 15.5 Å². The van der Waals surface area contributed by atoms with Crippen molar-refractivity contribution in [1.82, 2.24) is 9.55 Å². The van der Waals surface area contributed by atoms with Crippen LogP contribution in [0.1, 0.15) is 28.7 Å². The summed E-state index contributed by atoms with van der Waals surface area (Å²) in [7, 11) is 0. The van der Waals surface area contributed by atoms with E-state index < -0.39 is 23.2 Å². The van der Waals surface area contributed by atoms with Crippen LogP contribution in [0.15, 0.2) is 30.6 Å². The van der Waals surface area contributed by atoms with Gasteiger partial charge in [0.1, 0.15) is 5.82 Å². The van der Waals surface area contributed by atoms with Gasteiger partial charge in [0.05, 0.1) is 11.1 Å². The number of nitrogens with two attached hydrogens (primary N) is 1. The van der Waals surface area contributed by atoms with Crippen LogP contribution in [-0.2, 0) is 12.6 Å². The van der Waals surface area contributed by atoms with Crippen LogP contribution >= 0.6 is 0 Å². The van der Waals surface area contributed by atoms with E-state index in [4.69, 9.17) is 5.73 Å². The largest absolute Gasteiger partial charge is 0.417 e. The predicted octanol–water partition coefficient (Wildman–Crippen LogP) is 2.55. The minimum atomic E-state index is -4.65. The van der Waals surface area contributed by atoms with Crippen LogP contribution in [0.5, 0.6) is 0 Å². The minimum Gasteiger partial charge on any atom is -0.366 e. The first-order chi connectivity index (χ1) is 9.34. The van der Waals surface area contributed by atoms with Crippen molar-refractivity contribution in [3.63, 3.8) is 0 Å². The Kier molecular flexibility index (Phi) is 3.52. The number of imidazole rings is 1. The topological polar surface area (TPSA) is 60.9 Å². The molecule has 0 bridgehead atoms. The summed E-state index contributed by atoms with van der Waals surface area (Å²) in [4.78, 5) is 15.1. The molecule has 0 fully saturated rings. The molecule has 2 N–H and O–H groups in total. The van der Waals surface area contributed by atoms with Gasteiger partial charge in [-0.1, -0.05) is 6.92 Å². The molecule has 1 heterocycles. The average molecular weight is 283 g/mol. The number of nitrogens with zero attached hydrogens (tertiary/aromatic N) is 2. The molecule has 0 atom stereocenters.